The minimum Gasteiger partial charge on any atom is -0.495 e. The summed E-state index contributed by atoms with van der Waals surface area (Å²) < 4.78 is 58.8. The number of carbonyl (C=O) groups excluding carboxylic acids is 1. The van der Waals surface area contributed by atoms with Crippen molar-refractivity contribution in [2.75, 3.05) is 21.9 Å². The van der Waals surface area contributed by atoms with Crippen molar-refractivity contribution in [3.8, 4) is 5.75 Å². The molecule has 1 aliphatic heterocycles. The Morgan fingerprint density at radius 1 is 1.19 bits per heavy atom. The number of ether oxygens (including phenoxy) is 1. The molecule has 0 bridgehead atoms. The van der Waals surface area contributed by atoms with E-state index < -0.39 is 26.0 Å². The molecule has 0 atom stereocenters. The number of halogens is 1. The molecule has 0 saturated carbocycles. The number of benzene rings is 2. The third-order valence-electron chi connectivity index (χ3n) is 3.83. The Balaban J connectivity index is 2.07. The van der Waals surface area contributed by atoms with Crippen LogP contribution in [-0.4, -0.2) is 35.6 Å². The largest absolute Gasteiger partial charge is 0.495 e. The molecule has 8 nitrogen and oxygen atoms in total. The first-order chi connectivity index (χ1) is 12.6. The summed E-state index contributed by atoms with van der Waals surface area (Å²) >= 11 is 3.26. The maximum atomic E-state index is 12.8. The Morgan fingerprint density at radius 3 is 2.52 bits per heavy atom. The molecule has 1 N–H and O–H groups in total. The van der Waals surface area contributed by atoms with E-state index in [4.69, 9.17) is 4.74 Å². The molecule has 0 unspecified atom stereocenters. The minimum atomic E-state index is -4.11. The van der Waals surface area contributed by atoms with Gasteiger partial charge in [0.25, 0.3) is 10.0 Å². The van der Waals surface area contributed by atoms with Gasteiger partial charge in [0.1, 0.15) is 10.6 Å². The predicted octanol–water partition coefficient (Wildman–Crippen LogP) is 2.33. The van der Waals surface area contributed by atoms with Gasteiger partial charge in [0, 0.05) is 16.6 Å². The number of carbonyl (C=O) groups is 1. The lowest BCUT2D eigenvalue weighted by atomic mass is 10.3. The van der Waals surface area contributed by atoms with Gasteiger partial charge in [-0.3, -0.25) is 9.52 Å². The summed E-state index contributed by atoms with van der Waals surface area (Å²) in [6.45, 7) is 0. The van der Waals surface area contributed by atoms with Crippen LogP contribution in [0.4, 0.5) is 11.4 Å². The molecule has 1 fully saturated rings. The third kappa shape index (κ3) is 3.94. The Morgan fingerprint density at radius 2 is 1.93 bits per heavy atom. The van der Waals surface area contributed by atoms with Crippen LogP contribution in [0.3, 0.4) is 0 Å². The zero-order chi connectivity index (χ0) is 19.8. The number of nitrogens with zero attached hydrogens (tertiary/aromatic N) is 1. The van der Waals surface area contributed by atoms with Gasteiger partial charge in [-0.1, -0.05) is 22.0 Å². The first-order valence-electron chi connectivity index (χ1n) is 7.66. The summed E-state index contributed by atoms with van der Waals surface area (Å²) in [5.74, 6) is -0.898. The fourth-order valence-electron chi connectivity index (χ4n) is 2.63. The number of methoxy groups -OCH3 is 1. The van der Waals surface area contributed by atoms with E-state index in [2.05, 4.69) is 20.7 Å². The maximum Gasteiger partial charge on any atom is 0.265 e. The van der Waals surface area contributed by atoms with Crippen LogP contribution in [0, 0.1) is 0 Å². The Bertz CT molecular complexity index is 1120. The molecule has 0 radical (unpaired) electrons. The molecule has 3 rings (SSSR count). The van der Waals surface area contributed by atoms with E-state index in [-0.39, 0.29) is 28.5 Å². The normalized spacial score (nSPS) is 16.4. The number of amides is 1. The average molecular weight is 475 g/mol. The highest BCUT2D eigenvalue weighted by atomic mass is 79.9. The molecule has 1 aliphatic rings. The molecular weight excluding hydrogens is 460 g/mol. The average Bonchev–Trinajstić information content (AvgIpc) is 2.87. The van der Waals surface area contributed by atoms with E-state index in [1.165, 1.54) is 19.2 Å². The minimum absolute atomic E-state index is 0.0188. The molecular formula is C16H15BrN2O6S2. The predicted molar refractivity (Wildman–Crippen MR) is 104 cm³/mol. The van der Waals surface area contributed by atoms with Crippen molar-refractivity contribution in [3.05, 3.63) is 46.9 Å². The summed E-state index contributed by atoms with van der Waals surface area (Å²) in [5, 5.41) is 0. The van der Waals surface area contributed by atoms with Crippen LogP contribution in [0.25, 0.3) is 0 Å². The van der Waals surface area contributed by atoms with Crippen LogP contribution in [0.2, 0.25) is 0 Å². The van der Waals surface area contributed by atoms with Crippen molar-refractivity contribution < 1.29 is 26.4 Å². The van der Waals surface area contributed by atoms with E-state index in [0.717, 1.165) is 6.07 Å². The Labute approximate surface area is 165 Å². The van der Waals surface area contributed by atoms with Crippen LogP contribution in [0.5, 0.6) is 5.75 Å². The molecule has 1 heterocycles. The monoisotopic (exact) mass is 474 g/mol. The van der Waals surface area contributed by atoms with Gasteiger partial charge >= 0.3 is 0 Å². The van der Waals surface area contributed by atoms with Crippen LogP contribution < -0.4 is 13.8 Å². The molecule has 0 aromatic heterocycles. The number of rotatable bonds is 5. The van der Waals surface area contributed by atoms with Crippen molar-refractivity contribution in [1.29, 1.82) is 0 Å². The second-order valence-electron chi connectivity index (χ2n) is 5.68. The summed E-state index contributed by atoms with van der Waals surface area (Å²) in [7, 11) is -6.63. The fourth-order valence-corrected chi connectivity index (χ4v) is 5.72. The number of nitrogens with one attached hydrogen (secondary N) is 1. The van der Waals surface area contributed by atoms with Crippen molar-refractivity contribution in [2.45, 2.75) is 11.3 Å². The first kappa shape index (κ1) is 19.6. The highest BCUT2D eigenvalue weighted by molar-refractivity contribution is 9.10. The van der Waals surface area contributed by atoms with Gasteiger partial charge in [-0.05, 0) is 36.4 Å². The summed E-state index contributed by atoms with van der Waals surface area (Å²) in [6.07, 6.45) is -0.146. The SMILES string of the molecule is COc1ccc(N2C(=O)CCS2(=O)=O)cc1S(=O)(=O)Nc1cccc(Br)c1. The number of hydrogen-bond donors (Lipinski definition) is 1. The van der Waals surface area contributed by atoms with E-state index >= 15 is 0 Å². The lowest BCUT2D eigenvalue weighted by Gasteiger charge is -2.18. The maximum absolute atomic E-state index is 12.8. The van der Waals surface area contributed by atoms with Crippen LogP contribution in [0.15, 0.2) is 51.8 Å². The van der Waals surface area contributed by atoms with Crippen LogP contribution >= 0.6 is 15.9 Å². The molecule has 1 saturated heterocycles. The number of sulfonamides is 2. The van der Waals surface area contributed by atoms with Gasteiger partial charge < -0.3 is 4.74 Å². The third-order valence-corrected chi connectivity index (χ3v) is 7.41. The standard InChI is InChI=1S/C16H15BrN2O6S2/c1-25-14-6-5-13(19-16(20)7-8-26(19,21)22)10-15(14)27(23,24)18-12-4-2-3-11(17)9-12/h2-6,9-10,18H,7-8H2,1H3. The van der Waals surface area contributed by atoms with Gasteiger partial charge in [-0.15, -0.1) is 0 Å². The van der Waals surface area contributed by atoms with Gasteiger partial charge in [-0.2, -0.15) is 0 Å². The van der Waals surface area contributed by atoms with E-state index in [0.29, 0.717) is 14.5 Å². The summed E-state index contributed by atoms with van der Waals surface area (Å²) in [4.78, 5) is 11.7. The quantitative estimate of drug-likeness (QED) is 0.711. The van der Waals surface area contributed by atoms with E-state index in [1.54, 1.807) is 24.3 Å². The lowest BCUT2D eigenvalue weighted by molar-refractivity contribution is -0.116. The van der Waals surface area contributed by atoms with Gasteiger partial charge in [0.05, 0.1) is 18.6 Å². The smallest absolute Gasteiger partial charge is 0.265 e. The molecule has 27 heavy (non-hydrogen) atoms. The van der Waals surface area contributed by atoms with Gasteiger partial charge in [-0.25, -0.2) is 21.1 Å². The van der Waals surface area contributed by atoms with E-state index in [1.807, 2.05) is 0 Å². The van der Waals surface area contributed by atoms with E-state index in [9.17, 15) is 21.6 Å². The Hall–Kier alpha value is -2.11. The summed E-state index contributed by atoms with van der Waals surface area (Å²) in [5.41, 5.74) is 0.259. The molecule has 0 aliphatic carbocycles. The fraction of sp³-hybridized carbons (Fsp3) is 0.188. The van der Waals surface area contributed by atoms with Gasteiger partial charge in [0.15, 0.2) is 0 Å². The summed E-state index contributed by atoms with van der Waals surface area (Å²) in [6, 6.07) is 10.3. The highest BCUT2D eigenvalue weighted by Gasteiger charge is 2.37. The second-order valence-corrected chi connectivity index (χ2v) is 10.2. The number of anilines is 2. The molecule has 144 valence electrons. The highest BCUT2D eigenvalue weighted by Crippen LogP contribution is 2.33. The van der Waals surface area contributed by atoms with Crippen molar-refractivity contribution in [1.82, 2.24) is 0 Å². The number of hydrogen-bond acceptors (Lipinski definition) is 6. The second kappa shape index (κ2) is 7.13. The van der Waals surface area contributed by atoms with Crippen molar-refractivity contribution >= 4 is 53.3 Å². The van der Waals surface area contributed by atoms with Crippen molar-refractivity contribution in [3.63, 3.8) is 0 Å². The van der Waals surface area contributed by atoms with Crippen molar-refractivity contribution in [2.24, 2.45) is 0 Å². The zero-order valence-electron chi connectivity index (χ0n) is 14.0. The van der Waals surface area contributed by atoms with Crippen LogP contribution in [-0.2, 0) is 24.8 Å². The molecule has 2 aromatic carbocycles. The van der Waals surface area contributed by atoms with Gasteiger partial charge in [0.2, 0.25) is 15.9 Å². The topological polar surface area (TPSA) is 110 Å². The molecule has 1 amide bonds. The van der Waals surface area contributed by atoms with Crippen LogP contribution in [0.1, 0.15) is 6.42 Å². The Kier molecular flexibility index (Phi) is 5.19. The molecule has 11 heteroatoms. The first-order valence-corrected chi connectivity index (χ1v) is 11.5. The molecule has 0 spiro atoms. The molecule has 2 aromatic rings. The zero-order valence-corrected chi connectivity index (χ0v) is 17.3. The lowest BCUT2D eigenvalue weighted by Crippen LogP contribution is -2.29.